The SMILES string of the molecule is COC(C)(C)CC(CCc1nccn1C)NN. The van der Waals surface area contributed by atoms with Gasteiger partial charge >= 0.3 is 0 Å². The van der Waals surface area contributed by atoms with Gasteiger partial charge in [-0.2, -0.15) is 0 Å². The van der Waals surface area contributed by atoms with Gasteiger partial charge in [0.15, 0.2) is 0 Å². The van der Waals surface area contributed by atoms with Crippen molar-refractivity contribution >= 4 is 0 Å². The van der Waals surface area contributed by atoms with Crippen molar-refractivity contribution in [1.29, 1.82) is 0 Å². The molecule has 1 atom stereocenters. The van der Waals surface area contributed by atoms with E-state index >= 15 is 0 Å². The van der Waals surface area contributed by atoms with Crippen LogP contribution in [0.2, 0.25) is 0 Å². The topological polar surface area (TPSA) is 65.1 Å². The van der Waals surface area contributed by atoms with Gasteiger partial charge in [0.2, 0.25) is 0 Å². The summed E-state index contributed by atoms with van der Waals surface area (Å²) in [6.07, 6.45) is 6.52. The molecule has 0 aliphatic rings. The Morgan fingerprint density at radius 3 is 2.76 bits per heavy atom. The van der Waals surface area contributed by atoms with E-state index in [0.29, 0.717) is 0 Å². The molecule has 1 rings (SSSR count). The molecule has 1 aromatic rings. The van der Waals surface area contributed by atoms with Gasteiger partial charge in [-0.25, -0.2) is 4.98 Å². The Bertz CT molecular complexity index is 335. The zero-order valence-corrected chi connectivity index (χ0v) is 11.2. The number of nitrogens with zero attached hydrogens (tertiary/aromatic N) is 2. The number of nitrogens with two attached hydrogens (primary N) is 1. The number of aryl methyl sites for hydroxylation is 2. The summed E-state index contributed by atoms with van der Waals surface area (Å²) in [4.78, 5) is 4.30. The Kier molecular flexibility index (Phi) is 5.11. The van der Waals surface area contributed by atoms with Crippen LogP contribution in [0.3, 0.4) is 0 Å². The third-order valence-corrected chi connectivity index (χ3v) is 3.16. The number of methoxy groups -OCH3 is 1. The van der Waals surface area contributed by atoms with Crippen LogP contribution in [0, 0.1) is 0 Å². The zero-order valence-electron chi connectivity index (χ0n) is 11.2. The fraction of sp³-hybridized carbons (Fsp3) is 0.750. The molecule has 1 aromatic heterocycles. The standard InChI is InChI=1S/C12H24N4O/c1-12(2,17-4)9-10(15-13)5-6-11-14-7-8-16(11)3/h7-8,10,15H,5-6,9,13H2,1-4H3. The van der Waals surface area contributed by atoms with Gasteiger partial charge in [0.25, 0.3) is 0 Å². The number of imidazole rings is 1. The average Bonchev–Trinajstić information content (AvgIpc) is 2.70. The molecule has 5 nitrogen and oxygen atoms in total. The summed E-state index contributed by atoms with van der Waals surface area (Å²) >= 11 is 0. The summed E-state index contributed by atoms with van der Waals surface area (Å²) in [5.41, 5.74) is 2.70. The molecular weight excluding hydrogens is 216 g/mol. The Hall–Kier alpha value is -0.910. The molecule has 1 unspecified atom stereocenters. The van der Waals surface area contributed by atoms with E-state index in [-0.39, 0.29) is 11.6 Å². The van der Waals surface area contributed by atoms with Crippen LogP contribution in [0.1, 0.15) is 32.5 Å². The molecule has 1 heterocycles. The molecule has 0 amide bonds. The van der Waals surface area contributed by atoms with Gasteiger partial charge in [-0.3, -0.25) is 11.3 Å². The highest BCUT2D eigenvalue weighted by atomic mass is 16.5. The number of aromatic nitrogens is 2. The van der Waals surface area contributed by atoms with Crippen molar-refractivity contribution in [1.82, 2.24) is 15.0 Å². The second kappa shape index (κ2) is 6.14. The second-order valence-corrected chi connectivity index (χ2v) is 5.02. The predicted octanol–water partition coefficient (Wildman–Crippen LogP) is 1.000. The lowest BCUT2D eigenvalue weighted by Gasteiger charge is -2.28. The van der Waals surface area contributed by atoms with Crippen LogP contribution in [-0.4, -0.2) is 28.3 Å². The maximum atomic E-state index is 5.58. The molecule has 3 N–H and O–H groups in total. The molecule has 0 radical (unpaired) electrons. The highest BCUT2D eigenvalue weighted by Gasteiger charge is 2.22. The van der Waals surface area contributed by atoms with Crippen LogP contribution in [0.15, 0.2) is 12.4 Å². The minimum absolute atomic E-state index is 0.154. The van der Waals surface area contributed by atoms with Crippen molar-refractivity contribution in [2.24, 2.45) is 12.9 Å². The van der Waals surface area contributed by atoms with E-state index in [1.165, 1.54) is 0 Å². The van der Waals surface area contributed by atoms with Crippen LogP contribution in [0.25, 0.3) is 0 Å². The number of rotatable bonds is 7. The van der Waals surface area contributed by atoms with Crippen LogP contribution in [0.5, 0.6) is 0 Å². The van der Waals surface area contributed by atoms with Crippen molar-refractivity contribution in [3.63, 3.8) is 0 Å². The molecule has 98 valence electrons. The molecule has 0 spiro atoms. The van der Waals surface area contributed by atoms with E-state index in [2.05, 4.69) is 24.3 Å². The third kappa shape index (κ3) is 4.46. The molecule has 0 aromatic carbocycles. The van der Waals surface area contributed by atoms with Crippen LogP contribution < -0.4 is 11.3 Å². The average molecular weight is 240 g/mol. The molecule has 0 aliphatic heterocycles. The van der Waals surface area contributed by atoms with E-state index in [4.69, 9.17) is 10.6 Å². The van der Waals surface area contributed by atoms with Gasteiger partial charge in [-0.15, -0.1) is 0 Å². The summed E-state index contributed by atoms with van der Waals surface area (Å²) in [5, 5.41) is 0. The smallest absolute Gasteiger partial charge is 0.108 e. The first-order chi connectivity index (χ1) is 7.98. The molecule has 0 bridgehead atoms. The van der Waals surface area contributed by atoms with Crippen molar-refractivity contribution in [2.45, 2.75) is 44.8 Å². The fourth-order valence-corrected chi connectivity index (χ4v) is 1.86. The van der Waals surface area contributed by atoms with Crippen molar-refractivity contribution in [3.05, 3.63) is 18.2 Å². The van der Waals surface area contributed by atoms with Crippen LogP contribution >= 0.6 is 0 Å². The number of hydrazine groups is 1. The zero-order chi connectivity index (χ0) is 12.9. The first-order valence-corrected chi connectivity index (χ1v) is 5.96. The number of nitrogens with one attached hydrogen (secondary N) is 1. The minimum Gasteiger partial charge on any atom is -0.379 e. The third-order valence-electron chi connectivity index (χ3n) is 3.16. The largest absolute Gasteiger partial charge is 0.379 e. The Morgan fingerprint density at radius 1 is 1.59 bits per heavy atom. The summed E-state index contributed by atoms with van der Waals surface area (Å²) in [6.45, 7) is 4.14. The molecule has 17 heavy (non-hydrogen) atoms. The first-order valence-electron chi connectivity index (χ1n) is 5.96. The van der Waals surface area contributed by atoms with Gasteiger partial charge in [0, 0.05) is 39.0 Å². The first kappa shape index (κ1) is 14.2. The highest BCUT2D eigenvalue weighted by molar-refractivity contribution is 4.92. The number of hydrogen-bond acceptors (Lipinski definition) is 4. The lowest BCUT2D eigenvalue weighted by Crippen LogP contribution is -2.41. The second-order valence-electron chi connectivity index (χ2n) is 5.02. The molecule has 0 fully saturated rings. The Balaban J connectivity index is 2.45. The van der Waals surface area contributed by atoms with Crippen molar-refractivity contribution in [3.8, 4) is 0 Å². The molecular formula is C12H24N4O. The van der Waals surface area contributed by atoms with Gasteiger partial charge in [-0.1, -0.05) is 0 Å². The molecule has 0 aliphatic carbocycles. The quantitative estimate of drug-likeness (QED) is 0.551. The van der Waals surface area contributed by atoms with Crippen LogP contribution in [-0.2, 0) is 18.2 Å². The van der Waals surface area contributed by atoms with Crippen LogP contribution in [0.4, 0.5) is 0 Å². The lowest BCUT2D eigenvalue weighted by molar-refractivity contribution is 0.00634. The predicted molar refractivity (Wildman–Crippen MR) is 68.3 cm³/mol. The van der Waals surface area contributed by atoms with E-state index in [1.54, 1.807) is 7.11 Å². The number of ether oxygens (including phenoxy) is 1. The van der Waals surface area contributed by atoms with Gasteiger partial charge in [-0.05, 0) is 26.7 Å². The number of hydrogen-bond donors (Lipinski definition) is 2. The summed E-state index contributed by atoms with van der Waals surface area (Å²) in [5.74, 6) is 6.66. The Morgan fingerprint density at radius 2 is 2.29 bits per heavy atom. The normalized spacial score (nSPS) is 13.9. The van der Waals surface area contributed by atoms with E-state index in [9.17, 15) is 0 Å². The van der Waals surface area contributed by atoms with Gasteiger partial charge in [0.1, 0.15) is 5.82 Å². The van der Waals surface area contributed by atoms with E-state index < -0.39 is 0 Å². The lowest BCUT2D eigenvalue weighted by atomic mass is 9.96. The van der Waals surface area contributed by atoms with Crippen molar-refractivity contribution in [2.75, 3.05) is 7.11 Å². The molecule has 5 heteroatoms. The Labute approximate surface area is 103 Å². The summed E-state index contributed by atoms with van der Waals surface area (Å²) < 4.78 is 7.45. The van der Waals surface area contributed by atoms with E-state index in [0.717, 1.165) is 25.1 Å². The molecule has 0 saturated carbocycles. The van der Waals surface area contributed by atoms with Gasteiger partial charge in [0.05, 0.1) is 5.60 Å². The fourth-order valence-electron chi connectivity index (χ4n) is 1.86. The monoisotopic (exact) mass is 240 g/mol. The summed E-state index contributed by atoms with van der Waals surface area (Å²) in [7, 11) is 3.73. The van der Waals surface area contributed by atoms with E-state index in [1.807, 2.05) is 24.0 Å². The molecule has 0 saturated heterocycles. The van der Waals surface area contributed by atoms with Crippen molar-refractivity contribution < 1.29 is 4.74 Å². The maximum Gasteiger partial charge on any atom is 0.108 e. The summed E-state index contributed by atoms with van der Waals surface area (Å²) in [6, 6.07) is 0.238. The minimum atomic E-state index is -0.154. The highest BCUT2D eigenvalue weighted by Crippen LogP contribution is 2.17. The van der Waals surface area contributed by atoms with Gasteiger partial charge < -0.3 is 9.30 Å². The maximum absolute atomic E-state index is 5.58.